The lowest BCUT2D eigenvalue weighted by Gasteiger charge is -1.81. The van der Waals surface area contributed by atoms with Crippen LogP contribution in [0.4, 0.5) is 5.95 Å². The first-order chi connectivity index (χ1) is 5.27. The van der Waals surface area contributed by atoms with Gasteiger partial charge in [-0.25, -0.2) is 4.98 Å². The van der Waals surface area contributed by atoms with Crippen LogP contribution in [-0.2, 0) is 0 Å². The fraction of sp³-hybridized carbons (Fsp3) is 0. The van der Waals surface area contributed by atoms with Gasteiger partial charge >= 0.3 is 0 Å². The van der Waals surface area contributed by atoms with E-state index in [9.17, 15) is 0 Å². The number of hydrogen-bond acceptors (Lipinski definition) is 2. The third-order valence-corrected chi connectivity index (χ3v) is 1.33. The normalized spacial score (nSPS) is 11.8. The number of nitrogens with zero attached hydrogens (tertiary/aromatic N) is 1. The van der Waals surface area contributed by atoms with Gasteiger partial charge in [0.15, 0.2) is 5.95 Å². The monoisotopic (exact) mass is 134 g/mol. The smallest absolute Gasteiger partial charge is 0.198 e. The Morgan fingerprint density at radius 3 is 3.30 bits per heavy atom. The van der Waals surface area contributed by atoms with Gasteiger partial charge < -0.3 is 10.7 Å². The van der Waals surface area contributed by atoms with Crippen LogP contribution in [0.5, 0.6) is 0 Å². The van der Waals surface area contributed by atoms with E-state index in [0.29, 0.717) is 17.5 Å². The largest absolute Gasteiger partial charge is 0.369 e. The first-order valence-corrected chi connectivity index (χ1v) is 2.98. The molecule has 3 nitrogen and oxygen atoms in total. The van der Waals surface area contributed by atoms with Crippen molar-refractivity contribution in [3.05, 3.63) is 24.2 Å². The van der Waals surface area contributed by atoms with Crippen molar-refractivity contribution in [1.82, 2.24) is 9.97 Å². The molecule has 1 aromatic heterocycles. The van der Waals surface area contributed by atoms with Crippen LogP contribution in [0.2, 0.25) is 0 Å². The Balaban J connectivity index is 2.90. The second-order valence-corrected chi connectivity index (χ2v) is 2.05. The number of aromatic nitrogens is 2. The van der Waals surface area contributed by atoms with E-state index in [2.05, 4.69) is 9.97 Å². The van der Waals surface area contributed by atoms with Crippen LogP contribution in [0.3, 0.4) is 0 Å². The van der Waals surface area contributed by atoms with Gasteiger partial charge in [-0.3, -0.25) is 0 Å². The molecule has 0 bridgehead atoms. The number of para-hydroxylation sites is 2. The first kappa shape index (κ1) is 4.33. The standard InChI is InChI=1S/C7H7N3/c8-7-9-5-3-1-2-4-6(5)10-7/h1-4H,(H3,8,9,10)/i3D. The number of nitrogens with two attached hydrogens (primary N) is 1. The molecule has 0 spiro atoms. The molecule has 0 saturated heterocycles. The molecular weight excluding hydrogens is 126 g/mol. The lowest BCUT2D eigenvalue weighted by molar-refractivity contribution is 1.35. The van der Waals surface area contributed by atoms with Crippen LogP contribution in [0.15, 0.2) is 24.2 Å². The highest BCUT2D eigenvalue weighted by Crippen LogP contribution is 2.10. The zero-order valence-electron chi connectivity index (χ0n) is 6.26. The van der Waals surface area contributed by atoms with Crippen LogP contribution in [-0.4, -0.2) is 9.97 Å². The minimum absolute atomic E-state index is 0.361. The Labute approximate surface area is 59.3 Å². The van der Waals surface area contributed by atoms with Crippen molar-refractivity contribution in [2.75, 3.05) is 5.73 Å². The molecule has 3 N–H and O–H groups in total. The topological polar surface area (TPSA) is 54.7 Å². The average Bonchev–Trinajstić information content (AvgIpc) is 2.31. The zero-order chi connectivity index (χ0) is 7.84. The van der Waals surface area contributed by atoms with Gasteiger partial charge in [-0.1, -0.05) is 12.1 Å². The Hall–Kier alpha value is -1.51. The van der Waals surface area contributed by atoms with E-state index in [4.69, 9.17) is 7.10 Å². The summed E-state index contributed by atoms with van der Waals surface area (Å²) in [7, 11) is 0. The molecule has 10 heavy (non-hydrogen) atoms. The number of anilines is 1. The van der Waals surface area contributed by atoms with Gasteiger partial charge in [0, 0.05) is 0 Å². The number of nitrogens with one attached hydrogen (secondary N) is 1. The second-order valence-electron chi connectivity index (χ2n) is 2.05. The summed E-state index contributed by atoms with van der Waals surface area (Å²) in [6, 6.07) is 5.72. The van der Waals surface area contributed by atoms with Crippen molar-refractivity contribution >= 4 is 17.0 Å². The lowest BCUT2D eigenvalue weighted by Crippen LogP contribution is -1.84. The highest BCUT2D eigenvalue weighted by Gasteiger charge is 1.94. The maximum absolute atomic E-state index is 7.45. The highest BCUT2D eigenvalue weighted by atomic mass is 15.0. The zero-order valence-corrected chi connectivity index (χ0v) is 5.26. The molecule has 0 aliphatic rings. The summed E-state index contributed by atoms with van der Waals surface area (Å²) in [5.74, 6) is 0.361. The van der Waals surface area contributed by atoms with E-state index in [1.54, 1.807) is 12.1 Å². The molecule has 0 atom stereocenters. The van der Waals surface area contributed by atoms with Crippen LogP contribution in [0.25, 0.3) is 11.0 Å². The summed E-state index contributed by atoms with van der Waals surface area (Å²) in [5.41, 5.74) is 6.85. The van der Waals surface area contributed by atoms with Crippen molar-refractivity contribution in [3.8, 4) is 0 Å². The number of aromatic amines is 1. The third-order valence-electron chi connectivity index (χ3n) is 1.33. The molecule has 50 valence electrons. The lowest BCUT2D eigenvalue weighted by atomic mass is 10.3. The van der Waals surface area contributed by atoms with Gasteiger partial charge in [0.2, 0.25) is 0 Å². The molecule has 2 rings (SSSR count). The van der Waals surface area contributed by atoms with Gasteiger partial charge in [0.05, 0.1) is 12.4 Å². The molecular formula is C7H7N3. The van der Waals surface area contributed by atoms with E-state index in [1.807, 2.05) is 6.07 Å². The molecule has 2 aromatic rings. The summed E-state index contributed by atoms with van der Waals surface area (Å²) < 4.78 is 7.45. The van der Waals surface area contributed by atoms with Gasteiger partial charge in [0.25, 0.3) is 0 Å². The Morgan fingerprint density at radius 2 is 2.50 bits per heavy atom. The Kier molecular flexibility index (Phi) is 0.750. The molecule has 0 amide bonds. The predicted molar refractivity (Wildman–Crippen MR) is 40.5 cm³/mol. The summed E-state index contributed by atoms with van der Waals surface area (Å²) in [6.07, 6.45) is 0. The average molecular weight is 134 g/mol. The fourth-order valence-electron chi connectivity index (χ4n) is 0.907. The quantitative estimate of drug-likeness (QED) is 0.567. The van der Waals surface area contributed by atoms with Crippen LogP contribution >= 0.6 is 0 Å². The number of rotatable bonds is 0. The predicted octanol–water partition coefficient (Wildman–Crippen LogP) is 1.15. The van der Waals surface area contributed by atoms with Crippen molar-refractivity contribution in [1.29, 1.82) is 0 Å². The number of nitrogen functional groups attached to an aromatic ring is 1. The van der Waals surface area contributed by atoms with E-state index < -0.39 is 0 Å². The molecule has 0 unspecified atom stereocenters. The molecule has 0 saturated carbocycles. The van der Waals surface area contributed by atoms with Crippen LogP contribution < -0.4 is 5.73 Å². The maximum Gasteiger partial charge on any atom is 0.198 e. The third kappa shape index (κ3) is 0.639. The minimum atomic E-state index is 0.361. The SMILES string of the molecule is [2H]c1cccc2nc(N)[nH]c12. The van der Waals surface area contributed by atoms with E-state index in [1.165, 1.54) is 0 Å². The molecule has 0 aliphatic carbocycles. The van der Waals surface area contributed by atoms with Gasteiger partial charge in [-0.15, -0.1) is 0 Å². The van der Waals surface area contributed by atoms with Crippen LogP contribution in [0.1, 0.15) is 1.37 Å². The second kappa shape index (κ2) is 1.73. The summed E-state index contributed by atoms with van der Waals surface area (Å²) in [6.45, 7) is 0. The minimum Gasteiger partial charge on any atom is -0.369 e. The number of fused-ring (bicyclic) bond motifs is 1. The van der Waals surface area contributed by atoms with Crippen molar-refractivity contribution in [3.63, 3.8) is 0 Å². The van der Waals surface area contributed by atoms with Gasteiger partial charge in [-0.2, -0.15) is 0 Å². The first-order valence-electron chi connectivity index (χ1n) is 3.48. The Bertz CT molecular complexity index is 393. The van der Waals surface area contributed by atoms with Crippen molar-refractivity contribution in [2.45, 2.75) is 0 Å². The van der Waals surface area contributed by atoms with E-state index in [-0.39, 0.29) is 0 Å². The van der Waals surface area contributed by atoms with Gasteiger partial charge in [-0.05, 0) is 12.1 Å². The fourth-order valence-corrected chi connectivity index (χ4v) is 0.907. The molecule has 0 fully saturated rings. The highest BCUT2D eigenvalue weighted by molar-refractivity contribution is 5.76. The molecule has 3 heteroatoms. The molecule has 1 aromatic carbocycles. The van der Waals surface area contributed by atoms with E-state index >= 15 is 0 Å². The number of benzene rings is 1. The summed E-state index contributed by atoms with van der Waals surface area (Å²) in [4.78, 5) is 6.78. The van der Waals surface area contributed by atoms with Crippen LogP contribution in [0, 0.1) is 0 Å². The summed E-state index contributed by atoms with van der Waals surface area (Å²) >= 11 is 0. The van der Waals surface area contributed by atoms with Crippen molar-refractivity contribution < 1.29 is 1.37 Å². The molecule has 1 heterocycles. The number of hydrogen-bond donors (Lipinski definition) is 2. The summed E-state index contributed by atoms with van der Waals surface area (Å²) in [5, 5.41) is 0. The van der Waals surface area contributed by atoms with Crippen molar-refractivity contribution in [2.24, 2.45) is 0 Å². The molecule has 0 aliphatic heterocycles. The Morgan fingerprint density at radius 1 is 1.60 bits per heavy atom. The van der Waals surface area contributed by atoms with Gasteiger partial charge in [0.1, 0.15) is 0 Å². The number of imidazole rings is 1. The number of H-pyrrole nitrogens is 1. The maximum atomic E-state index is 7.45. The molecule has 0 radical (unpaired) electrons. The van der Waals surface area contributed by atoms with E-state index in [0.717, 1.165) is 5.52 Å².